The van der Waals surface area contributed by atoms with Gasteiger partial charge in [0, 0.05) is 31.2 Å². The lowest BCUT2D eigenvalue weighted by atomic mass is 10.2. The van der Waals surface area contributed by atoms with Gasteiger partial charge in [0.15, 0.2) is 0 Å². The molecule has 0 bridgehead atoms. The first-order chi connectivity index (χ1) is 12.0. The smallest absolute Gasteiger partial charge is 0.313 e. The normalized spacial score (nSPS) is 11.6. The van der Waals surface area contributed by atoms with Crippen molar-refractivity contribution in [1.82, 2.24) is 9.88 Å². The summed E-state index contributed by atoms with van der Waals surface area (Å²) in [7, 11) is 1.83. The van der Waals surface area contributed by atoms with Crippen LogP contribution in [0.4, 0.5) is 5.69 Å². The molecular formula is C18H23N3O4. The molecule has 0 radical (unpaired) electrons. The summed E-state index contributed by atoms with van der Waals surface area (Å²) in [5.74, 6) is -0.801. The van der Waals surface area contributed by atoms with Crippen LogP contribution in [0.3, 0.4) is 0 Å². The van der Waals surface area contributed by atoms with E-state index in [9.17, 15) is 14.7 Å². The van der Waals surface area contributed by atoms with E-state index in [4.69, 9.17) is 4.74 Å². The predicted octanol–water partition coefficient (Wildman–Crippen LogP) is 1.60. The molecule has 0 fully saturated rings. The molecule has 0 unspecified atom stereocenters. The number of nitrogens with zero attached hydrogens (tertiary/aromatic N) is 1. The van der Waals surface area contributed by atoms with E-state index in [0.29, 0.717) is 24.5 Å². The van der Waals surface area contributed by atoms with Crippen LogP contribution >= 0.6 is 0 Å². The molecule has 0 saturated heterocycles. The zero-order chi connectivity index (χ0) is 18.2. The van der Waals surface area contributed by atoms with Crippen molar-refractivity contribution < 1.29 is 19.4 Å². The van der Waals surface area contributed by atoms with Crippen LogP contribution in [0.25, 0.3) is 0 Å². The molecule has 2 rings (SSSR count). The number of aryl methyl sites for hydroxylation is 1. The summed E-state index contributed by atoms with van der Waals surface area (Å²) >= 11 is 0. The van der Waals surface area contributed by atoms with Gasteiger partial charge in [0.25, 0.3) is 0 Å². The van der Waals surface area contributed by atoms with Crippen molar-refractivity contribution in [3.8, 4) is 5.75 Å². The van der Waals surface area contributed by atoms with E-state index in [1.807, 2.05) is 36.9 Å². The number of aromatic nitrogens is 1. The van der Waals surface area contributed by atoms with E-state index in [0.717, 1.165) is 5.69 Å². The van der Waals surface area contributed by atoms with E-state index in [-0.39, 0.29) is 6.54 Å². The standard InChI is InChI=1S/C18H23N3O4/c1-3-25-14-8-6-13(7-9-14)20-18(24)17(23)19-11-10-16(22)15-5-4-12-21(15)2/h4-9,12,16,22H,3,10-11H2,1-2H3,(H,19,23)(H,20,24)/t16-/m1/s1. The highest BCUT2D eigenvalue weighted by Gasteiger charge is 2.15. The fraction of sp³-hybridized carbons (Fsp3) is 0.333. The van der Waals surface area contributed by atoms with Gasteiger partial charge in [-0.05, 0) is 49.7 Å². The molecule has 1 aromatic carbocycles. The van der Waals surface area contributed by atoms with Crippen LogP contribution < -0.4 is 15.4 Å². The van der Waals surface area contributed by atoms with Crippen molar-refractivity contribution in [3.63, 3.8) is 0 Å². The van der Waals surface area contributed by atoms with E-state index < -0.39 is 17.9 Å². The van der Waals surface area contributed by atoms with E-state index in [1.54, 1.807) is 24.3 Å². The minimum Gasteiger partial charge on any atom is -0.494 e. The average molecular weight is 345 g/mol. The van der Waals surface area contributed by atoms with Gasteiger partial charge >= 0.3 is 11.8 Å². The monoisotopic (exact) mass is 345 g/mol. The molecule has 1 heterocycles. The average Bonchev–Trinajstić information content (AvgIpc) is 3.02. The molecule has 1 atom stereocenters. The van der Waals surface area contributed by atoms with Crippen molar-refractivity contribution in [2.75, 3.05) is 18.5 Å². The second-order valence-electron chi connectivity index (χ2n) is 5.52. The van der Waals surface area contributed by atoms with Gasteiger partial charge in [-0.2, -0.15) is 0 Å². The summed E-state index contributed by atoms with van der Waals surface area (Å²) in [5.41, 5.74) is 1.26. The Kier molecular flexibility index (Phi) is 6.59. The molecule has 7 nitrogen and oxygen atoms in total. The lowest BCUT2D eigenvalue weighted by Crippen LogP contribution is -2.36. The van der Waals surface area contributed by atoms with Crippen molar-refractivity contribution in [1.29, 1.82) is 0 Å². The van der Waals surface area contributed by atoms with Crippen molar-refractivity contribution >= 4 is 17.5 Å². The second kappa shape index (κ2) is 8.89. The fourth-order valence-corrected chi connectivity index (χ4v) is 2.36. The Morgan fingerprint density at radius 3 is 2.52 bits per heavy atom. The third-order valence-corrected chi connectivity index (χ3v) is 3.66. The topological polar surface area (TPSA) is 92.6 Å². The third kappa shape index (κ3) is 5.36. The van der Waals surface area contributed by atoms with Crippen LogP contribution in [0.1, 0.15) is 25.1 Å². The van der Waals surface area contributed by atoms with Gasteiger partial charge in [0.1, 0.15) is 5.75 Å². The maximum Gasteiger partial charge on any atom is 0.313 e. The summed E-state index contributed by atoms with van der Waals surface area (Å²) in [4.78, 5) is 23.7. The number of rotatable bonds is 7. The number of benzene rings is 1. The van der Waals surface area contributed by atoms with Gasteiger partial charge in [-0.3, -0.25) is 9.59 Å². The highest BCUT2D eigenvalue weighted by Crippen LogP contribution is 2.16. The van der Waals surface area contributed by atoms with Crippen LogP contribution in [-0.2, 0) is 16.6 Å². The van der Waals surface area contributed by atoms with Crippen LogP contribution in [0.2, 0.25) is 0 Å². The quantitative estimate of drug-likeness (QED) is 0.665. The minimum atomic E-state index is -0.752. The number of carbonyl (C=O) groups excluding carboxylic acids is 2. The molecular weight excluding hydrogens is 322 g/mol. The number of amides is 2. The Balaban J connectivity index is 1.76. The van der Waals surface area contributed by atoms with Crippen LogP contribution in [0.15, 0.2) is 42.6 Å². The van der Waals surface area contributed by atoms with Crippen molar-refractivity contribution in [2.24, 2.45) is 7.05 Å². The number of aliphatic hydroxyl groups is 1. The molecule has 0 aliphatic carbocycles. The Hall–Kier alpha value is -2.80. The second-order valence-corrected chi connectivity index (χ2v) is 5.52. The number of hydrogen-bond acceptors (Lipinski definition) is 4. The number of ether oxygens (including phenoxy) is 1. The number of hydrogen-bond donors (Lipinski definition) is 3. The maximum absolute atomic E-state index is 11.9. The highest BCUT2D eigenvalue weighted by molar-refractivity contribution is 6.39. The first-order valence-electron chi connectivity index (χ1n) is 8.12. The maximum atomic E-state index is 11.9. The number of nitrogens with one attached hydrogen (secondary N) is 2. The Bertz CT molecular complexity index is 709. The Morgan fingerprint density at radius 1 is 1.20 bits per heavy atom. The van der Waals surface area contributed by atoms with Crippen molar-refractivity contribution in [2.45, 2.75) is 19.4 Å². The summed E-state index contributed by atoms with van der Waals surface area (Å²) < 4.78 is 7.12. The zero-order valence-corrected chi connectivity index (χ0v) is 14.4. The molecule has 2 amide bonds. The molecule has 1 aromatic heterocycles. The highest BCUT2D eigenvalue weighted by atomic mass is 16.5. The number of anilines is 1. The molecule has 3 N–H and O–H groups in total. The molecule has 134 valence electrons. The van der Waals surface area contributed by atoms with Crippen LogP contribution in [0.5, 0.6) is 5.75 Å². The predicted molar refractivity (Wildman–Crippen MR) is 94.2 cm³/mol. The lowest BCUT2D eigenvalue weighted by molar-refractivity contribution is -0.136. The molecule has 0 saturated carbocycles. The van der Waals surface area contributed by atoms with Gasteiger partial charge in [-0.25, -0.2) is 0 Å². The van der Waals surface area contributed by atoms with Crippen LogP contribution in [-0.4, -0.2) is 34.6 Å². The molecule has 0 spiro atoms. The summed E-state index contributed by atoms with van der Waals surface area (Å²) in [6, 6.07) is 10.4. The van der Waals surface area contributed by atoms with E-state index in [2.05, 4.69) is 10.6 Å². The fourth-order valence-electron chi connectivity index (χ4n) is 2.36. The molecule has 7 heteroatoms. The van der Waals surface area contributed by atoms with Gasteiger partial charge < -0.3 is 25.0 Å². The number of aliphatic hydroxyl groups excluding tert-OH is 1. The Labute approximate surface area is 146 Å². The largest absolute Gasteiger partial charge is 0.494 e. The SMILES string of the molecule is CCOc1ccc(NC(=O)C(=O)NCC[C@@H](O)c2cccn2C)cc1. The molecule has 2 aromatic rings. The molecule has 25 heavy (non-hydrogen) atoms. The summed E-state index contributed by atoms with van der Waals surface area (Å²) in [6.45, 7) is 2.64. The van der Waals surface area contributed by atoms with Gasteiger partial charge in [0.05, 0.1) is 12.7 Å². The van der Waals surface area contributed by atoms with Gasteiger partial charge in [0.2, 0.25) is 0 Å². The first-order valence-corrected chi connectivity index (χ1v) is 8.12. The molecule has 0 aliphatic heterocycles. The minimum absolute atomic E-state index is 0.196. The summed E-state index contributed by atoms with van der Waals surface area (Å²) in [5, 5.41) is 15.1. The number of carbonyl (C=O) groups is 2. The van der Waals surface area contributed by atoms with E-state index in [1.165, 1.54) is 0 Å². The van der Waals surface area contributed by atoms with Crippen molar-refractivity contribution in [3.05, 3.63) is 48.3 Å². The van der Waals surface area contributed by atoms with Gasteiger partial charge in [-0.1, -0.05) is 0 Å². The zero-order valence-electron chi connectivity index (χ0n) is 14.4. The van der Waals surface area contributed by atoms with Crippen LogP contribution in [0, 0.1) is 0 Å². The Morgan fingerprint density at radius 2 is 1.92 bits per heavy atom. The third-order valence-electron chi connectivity index (χ3n) is 3.66. The molecule has 0 aliphatic rings. The first kappa shape index (κ1) is 18.5. The van der Waals surface area contributed by atoms with E-state index >= 15 is 0 Å². The lowest BCUT2D eigenvalue weighted by Gasteiger charge is -2.12. The summed E-state index contributed by atoms with van der Waals surface area (Å²) in [6.07, 6.45) is 1.45. The van der Waals surface area contributed by atoms with Gasteiger partial charge in [-0.15, -0.1) is 0 Å².